The number of unbranched alkanes of at least 4 members (excludes halogenated alkanes) is 14. The highest BCUT2D eigenvalue weighted by atomic mass is 16.7. The first-order chi connectivity index (χ1) is 21.7. The van der Waals surface area contributed by atoms with Crippen molar-refractivity contribution in [3.63, 3.8) is 0 Å². The van der Waals surface area contributed by atoms with Gasteiger partial charge in [0.2, 0.25) is 0 Å². The lowest BCUT2D eigenvalue weighted by Gasteiger charge is -2.46. The van der Waals surface area contributed by atoms with Gasteiger partial charge in [0.15, 0.2) is 12.6 Å². The zero-order valence-corrected chi connectivity index (χ0v) is 27.1. The number of rotatable bonds is 25. The molecule has 2 heterocycles. The first-order valence-electron chi connectivity index (χ1n) is 17.2. The third-order valence-electron chi connectivity index (χ3n) is 8.62. The van der Waals surface area contributed by atoms with Gasteiger partial charge in [-0.3, -0.25) is 0 Å². The Kier molecular flexibility index (Phi) is 21.5. The van der Waals surface area contributed by atoms with Crippen molar-refractivity contribution in [1.29, 1.82) is 0 Å². The Balaban J connectivity index is 1.58. The molecular weight excluding hydrogens is 592 g/mol. The maximum atomic E-state index is 10.8. The van der Waals surface area contributed by atoms with Gasteiger partial charge in [-0.25, -0.2) is 0 Å². The zero-order valence-electron chi connectivity index (χ0n) is 27.1. The number of hydrogen-bond donors (Lipinski definition) is 8. The Hall–Kier alpha value is -0.520. The van der Waals surface area contributed by atoms with E-state index in [2.05, 4.69) is 6.92 Å². The number of hydrogen-bond acceptors (Lipinski definition) is 13. The fourth-order valence-corrected chi connectivity index (χ4v) is 5.74. The summed E-state index contributed by atoms with van der Waals surface area (Å²) in [4.78, 5) is 0. The Morgan fingerprint density at radius 1 is 0.556 bits per heavy atom. The van der Waals surface area contributed by atoms with E-state index >= 15 is 0 Å². The maximum Gasteiger partial charge on any atom is 0.187 e. The molecule has 0 amide bonds. The van der Waals surface area contributed by atoms with E-state index in [1.807, 2.05) is 0 Å². The molecule has 2 rings (SSSR count). The second-order valence-corrected chi connectivity index (χ2v) is 12.5. The second kappa shape index (κ2) is 23.7. The van der Waals surface area contributed by atoms with Gasteiger partial charge in [-0.2, -0.15) is 0 Å². The first-order valence-corrected chi connectivity index (χ1v) is 17.2. The predicted octanol–water partition coefficient (Wildman–Crippen LogP) is 0.876. The van der Waals surface area contributed by atoms with E-state index in [9.17, 15) is 40.9 Å². The van der Waals surface area contributed by atoms with Crippen molar-refractivity contribution in [3.05, 3.63) is 0 Å². The van der Waals surface area contributed by atoms with Gasteiger partial charge < -0.3 is 64.5 Å². The molecule has 13 nitrogen and oxygen atoms in total. The molecule has 0 aromatic rings. The van der Waals surface area contributed by atoms with E-state index < -0.39 is 80.7 Å². The summed E-state index contributed by atoms with van der Waals surface area (Å²) in [7, 11) is 0. The minimum Gasteiger partial charge on any atom is -0.394 e. The van der Waals surface area contributed by atoms with Crippen LogP contribution in [0.25, 0.3) is 0 Å². The van der Waals surface area contributed by atoms with Crippen LogP contribution in [-0.4, -0.2) is 141 Å². The molecule has 0 aromatic heterocycles. The van der Waals surface area contributed by atoms with Crippen LogP contribution in [0.3, 0.4) is 0 Å². The highest BCUT2D eigenvalue weighted by Crippen LogP contribution is 2.29. The van der Waals surface area contributed by atoms with Crippen molar-refractivity contribution < 1.29 is 64.5 Å². The third-order valence-corrected chi connectivity index (χ3v) is 8.62. The Morgan fingerprint density at radius 2 is 1.04 bits per heavy atom. The molecule has 11 unspecified atom stereocenters. The minimum atomic E-state index is -1.76. The smallest absolute Gasteiger partial charge is 0.187 e. The van der Waals surface area contributed by atoms with Crippen molar-refractivity contribution >= 4 is 0 Å². The van der Waals surface area contributed by atoms with Crippen molar-refractivity contribution in [2.24, 2.45) is 0 Å². The lowest BCUT2D eigenvalue weighted by Crippen LogP contribution is -2.65. The largest absolute Gasteiger partial charge is 0.394 e. The van der Waals surface area contributed by atoms with Crippen LogP contribution in [0.15, 0.2) is 0 Å². The van der Waals surface area contributed by atoms with E-state index in [0.29, 0.717) is 6.61 Å². The molecular formula is C32H62O13. The molecule has 2 aliphatic rings. The van der Waals surface area contributed by atoms with E-state index in [0.717, 1.165) is 19.3 Å². The normalized spacial score (nSPS) is 33.0. The van der Waals surface area contributed by atoms with Crippen molar-refractivity contribution in [3.8, 4) is 0 Å². The molecule has 268 valence electrons. The summed E-state index contributed by atoms with van der Waals surface area (Å²) < 4.78 is 27.4. The molecule has 0 radical (unpaired) electrons. The third kappa shape index (κ3) is 14.6. The van der Waals surface area contributed by atoms with E-state index in [4.69, 9.17) is 23.7 Å². The molecule has 2 saturated heterocycles. The van der Waals surface area contributed by atoms with Crippen LogP contribution >= 0.6 is 0 Å². The maximum absolute atomic E-state index is 10.8. The summed E-state index contributed by atoms with van der Waals surface area (Å²) in [6.07, 6.45) is 2.71. The van der Waals surface area contributed by atoms with Crippen molar-refractivity contribution in [2.45, 2.75) is 171 Å². The van der Waals surface area contributed by atoms with Crippen LogP contribution in [0, 0.1) is 0 Å². The van der Waals surface area contributed by atoms with Gasteiger partial charge in [-0.1, -0.05) is 96.8 Å². The van der Waals surface area contributed by atoms with Gasteiger partial charge >= 0.3 is 0 Å². The summed E-state index contributed by atoms with van der Waals surface area (Å²) in [6.45, 7) is 1.15. The molecule has 0 saturated carbocycles. The first kappa shape index (κ1) is 40.7. The summed E-state index contributed by atoms with van der Waals surface area (Å²) in [5.74, 6) is 0. The van der Waals surface area contributed by atoms with Gasteiger partial charge in [-0.15, -0.1) is 0 Å². The summed E-state index contributed by atoms with van der Waals surface area (Å²) in [6, 6.07) is 0. The van der Waals surface area contributed by atoms with Crippen LogP contribution in [-0.2, 0) is 23.7 Å². The monoisotopic (exact) mass is 654 g/mol. The van der Waals surface area contributed by atoms with Crippen LogP contribution in [0.2, 0.25) is 0 Å². The topological polar surface area (TPSA) is 208 Å². The van der Waals surface area contributed by atoms with Gasteiger partial charge in [0.25, 0.3) is 0 Å². The Morgan fingerprint density at radius 3 is 1.58 bits per heavy atom. The summed E-state index contributed by atoms with van der Waals surface area (Å²) in [5.41, 5.74) is 0. The molecule has 0 spiro atoms. The number of ether oxygens (including phenoxy) is 5. The van der Waals surface area contributed by atoms with Crippen molar-refractivity contribution in [1.82, 2.24) is 0 Å². The molecule has 8 N–H and O–H groups in total. The Labute approximate surface area is 268 Å². The van der Waals surface area contributed by atoms with Crippen LogP contribution < -0.4 is 0 Å². The molecule has 2 fully saturated rings. The Bertz CT molecular complexity index is 717. The standard InChI is InChI=1S/C32H62O13/c1-2-3-4-5-6-7-8-9-10-11-12-13-14-15-16-17-41-20-22(35)21-42-31-29(40)30(26(37)24(19-34)43-31)45-32-28(39)27(38)25(36)23(18-33)44-32/h22-40H,2-21H2,1H3. The number of aliphatic hydroxyl groups is 8. The van der Waals surface area contributed by atoms with E-state index in [1.54, 1.807) is 0 Å². The van der Waals surface area contributed by atoms with Crippen LogP contribution in [0.4, 0.5) is 0 Å². The van der Waals surface area contributed by atoms with Gasteiger partial charge in [0.05, 0.1) is 26.4 Å². The second-order valence-electron chi connectivity index (χ2n) is 12.5. The van der Waals surface area contributed by atoms with Gasteiger partial charge in [-0.05, 0) is 6.42 Å². The quantitative estimate of drug-likeness (QED) is 0.0644. The molecule has 0 aromatic carbocycles. The fourth-order valence-electron chi connectivity index (χ4n) is 5.74. The molecule has 11 atom stereocenters. The van der Waals surface area contributed by atoms with Gasteiger partial charge in [0.1, 0.15) is 54.9 Å². The average Bonchev–Trinajstić information content (AvgIpc) is 3.04. The highest BCUT2D eigenvalue weighted by Gasteiger charge is 2.50. The molecule has 45 heavy (non-hydrogen) atoms. The molecule has 0 aliphatic carbocycles. The zero-order chi connectivity index (χ0) is 33.0. The number of aliphatic hydroxyl groups excluding tert-OH is 8. The average molecular weight is 655 g/mol. The van der Waals surface area contributed by atoms with E-state index in [-0.39, 0.29) is 13.2 Å². The molecule has 0 bridgehead atoms. The molecule has 2 aliphatic heterocycles. The summed E-state index contributed by atoms with van der Waals surface area (Å²) >= 11 is 0. The minimum absolute atomic E-state index is 0.0122. The lowest BCUT2D eigenvalue weighted by molar-refractivity contribution is -0.361. The lowest BCUT2D eigenvalue weighted by atomic mass is 9.97. The molecule has 13 heteroatoms. The summed E-state index contributed by atoms with van der Waals surface area (Å²) in [5, 5.41) is 81.0. The van der Waals surface area contributed by atoms with E-state index in [1.165, 1.54) is 77.0 Å². The van der Waals surface area contributed by atoms with Crippen LogP contribution in [0.5, 0.6) is 0 Å². The van der Waals surface area contributed by atoms with Crippen LogP contribution in [0.1, 0.15) is 103 Å². The highest BCUT2D eigenvalue weighted by molar-refractivity contribution is 4.94. The predicted molar refractivity (Wildman–Crippen MR) is 164 cm³/mol. The van der Waals surface area contributed by atoms with Crippen molar-refractivity contribution in [2.75, 3.05) is 33.0 Å². The van der Waals surface area contributed by atoms with Gasteiger partial charge in [0, 0.05) is 6.61 Å². The SMILES string of the molecule is CCCCCCCCCCCCCCCCCOCC(O)COC1OC(CO)C(O)C(OC2OC(CO)C(O)C(O)C2O)C1O. The fraction of sp³-hybridized carbons (Fsp3) is 1.00.